The van der Waals surface area contributed by atoms with E-state index >= 15 is 0 Å². The summed E-state index contributed by atoms with van der Waals surface area (Å²) in [5.74, 6) is -1.48. The molecule has 9 unspecified atom stereocenters. The van der Waals surface area contributed by atoms with Gasteiger partial charge in [-0.2, -0.15) is 0 Å². The fourth-order valence-corrected chi connectivity index (χ4v) is 4.40. The highest BCUT2D eigenvalue weighted by Crippen LogP contribution is 2.26. The molecule has 0 saturated carbocycles. The van der Waals surface area contributed by atoms with Crippen LogP contribution in [0.5, 0.6) is 0 Å². The van der Waals surface area contributed by atoms with Crippen molar-refractivity contribution in [2.24, 2.45) is 5.41 Å². The van der Waals surface area contributed by atoms with Crippen molar-refractivity contribution >= 4 is 17.9 Å². The van der Waals surface area contributed by atoms with Crippen LogP contribution in [0.1, 0.15) is 75.7 Å². The average molecular weight is 819 g/mol. The summed E-state index contributed by atoms with van der Waals surface area (Å²) in [6, 6.07) is 0. The van der Waals surface area contributed by atoms with Gasteiger partial charge in [-0.25, -0.2) is 14.4 Å². The second kappa shape index (κ2) is 32.2. The van der Waals surface area contributed by atoms with Crippen LogP contribution >= 0.6 is 0 Å². The zero-order chi connectivity index (χ0) is 43.2. The quantitative estimate of drug-likeness (QED) is 0.0456. The van der Waals surface area contributed by atoms with Gasteiger partial charge >= 0.3 is 17.9 Å². The van der Waals surface area contributed by atoms with E-state index in [2.05, 4.69) is 26.7 Å². The normalized spacial score (nSPS) is 17.4. The van der Waals surface area contributed by atoms with E-state index < -0.39 is 23.3 Å². The van der Waals surface area contributed by atoms with Crippen molar-refractivity contribution in [1.29, 1.82) is 0 Å². The van der Waals surface area contributed by atoms with E-state index in [1.807, 2.05) is 62.3 Å². The highest BCUT2D eigenvalue weighted by atomic mass is 16.6. The summed E-state index contributed by atoms with van der Waals surface area (Å²) in [5.41, 5.74) is -0.496. The number of rotatable bonds is 37. The van der Waals surface area contributed by atoms with Crippen LogP contribution in [0.25, 0.3) is 0 Å². The van der Waals surface area contributed by atoms with Crippen LogP contribution in [0.4, 0.5) is 0 Å². The van der Waals surface area contributed by atoms with Gasteiger partial charge in [0.2, 0.25) is 0 Å². The van der Waals surface area contributed by atoms with Crippen molar-refractivity contribution in [3.05, 3.63) is 38.0 Å². The molecule has 0 bridgehead atoms. The van der Waals surface area contributed by atoms with E-state index in [-0.39, 0.29) is 74.8 Å². The van der Waals surface area contributed by atoms with Crippen LogP contribution in [0.15, 0.2) is 38.0 Å². The first-order valence-electron chi connectivity index (χ1n) is 19.9. The molecule has 332 valence electrons. The molecular formula is C42H74O15. The fraction of sp³-hybridized carbons (Fsp3) is 0.786. The van der Waals surface area contributed by atoms with Crippen LogP contribution < -0.4 is 0 Å². The summed E-state index contributed by atoms with van der Waals surface area (Å²) in [4.78, 5) is 33.9. The Kier molecular flexibility index (Phi) is 30.6. The molecule has 0 spiro atoms. The SMILES string of the molecule is C=CC(=O)OCC(C)OCC(C)OCC(C)OCC(CC)(COC(C)COC(C)COC(C)COC(=O)C=C)COC(C)COC(C)COC(C)COC(=O)C=C. The Morgan fingerprint density at radius 3 is 0.772 bits per heavy atom. The van der Waals surface area contributed by atoms with Gasteiger partial charge in [-0.15, -0.1) is 0 Å². The summed E-state index contributed by atoms with van der Waals surface area (Å²) in [5, 5.41) is 0. The van der Waals surface area contributed by atoms with Gasteiger partial charge in [-0.05, 0) is 68.7 Å². The zero-order valence-corrected chi connectivity index (χ0v) is 36.4. The molecule has 0 rings (SSSR count). The first kappa shape index (κ1) is 54.3. The summed E-state index contributed by atoms with van der Waals surface area (Å²) >= 11 is 0. The lowest BCUT2D eigenvalue weighted by atomic mass is 9.87. The second-order valence-corrected chi connectivity index (χ2v) is 14.6. The third-order valence-electron chi connectivity index (χ3n) is 8.35. The maximum absolute atomic E-state index is 11.3. The molecule has 15 nitrogen and oxygen atoms in total. The van der Waals surface area contributed by atoms with E-state index in [1.165, 1.54) is 0 Å². The molecule has 9 atom stereocenters. The molecule has 0 heterocycles. The molecule has 0 saturated heterocycles. The van der Waals surface area contributed by atoms with Crippen molar-refractivity contribution < 1.29 is 71.2 Å². The lowest BCUT2D eigenvalue weighted by molar-refractivity contribution is -0.147. The third-order valence-corrected chi connectivity index (χ3v) is 8.35. The minimum Gasteiger partial charge on any atom is -0.460 e. The van der Waals surface area contributed by atoms with E-state index in [1.54, 1.807) is 0 Å². The van der Waals surface area contributed by atoms with E-state index in [4.69, 9.17) is 56.8 Å². The van der Waals surface area contributed by atoms with E-state index in [9.17, 15) is 14.4 Å². The fourth-order valence-electron chi connectivity index (χ4n) is 4.40. The monoisotopic (exact) mass is 819 g/mol. The lowest BCUT2D eigenvalue weighted by Gasteiger charge is -2.35. The Morgan fingerprint density at radius 2 is 0.579 bits per heavy atom. The number of ether oxygens (including phenoxy) is 12. The molecule has 0 N–H and O–H groups in total. The smallest absolute Gasteiger partial charge is 0.330 e. The molecule has 0 amide bonds. The maximum atomic E-state index is 11.3. The predicted molar refractivity (Wildman–Crippen MR) is 215 cm³/mol. The number of esters is 3. The molecule has 0 radical (unpaired) electrons. The first-order valence-corrected chi connectivity index (χ1v) is 19.9. The van der Waals surface area contributed by atoms with Crippen molar-refractivity contribution in [3.8, 4) is 0 Å². The summed E-state index contributed by atoms with van der Waals surface area (Å²) in [6.07, 6.45) is 1.82. The minimum absolute atomic E-state index is 0.127. The van der Waals surface area contributed by atoms with Gasteiger partial charge in [0.05, 0.1) is 114 Å². The topological polar surface area (TPSA) is 162 Å². The minimum atomic E-state index is -0.496. The van der Waals surface area contributed by atoms with Gasteiger partial charge < -0.3 is 56.8 Å². The number of carbonyl (C=O) groups is 3. The van der Waals surface area contributed by atoms with Gasteiger partial charge in [0, 0.05) is 23.6 Å². The Bertz CT molecular complexity index is 986. The third kappa shape index (κ3) is 29.2. The predicted octanol–water partition coefficient (Wildman–Crippen LogP) is 5.22. The zero-order valence-electron chi connectivity index (χ0n) is 36.4. The molecule has 0 aromatic heterocycles. The molecule has 0 aliphatic rings. The molecule has 0 aliphatic carbocycles. The van der Waals surface area contributed by atoms with Crippen molar-refractivity contribution in [1.82, 2.24) is 0 Å². The van der Waals surface area contributed by atoms with Crippen LogP contribution in [0, 0.1) is 5.41 Å². The second-order valence-electron chi connectivity index (χ2n) is 14.6. The summed E-state index contributed by atoms with van der Waals surface area (Å²) in [7, 11) is 0. The largest absolute Gasteiger partial charge is 0.460 e. The molecule has 0 fully saturated rings. The highest BCUT2D eigenvalue weighted by Gasteiger charge is 2.32. The Morgan fingerprint density at radius 1 is 0.386 bits per heavy atom. The summed E-state index contributed by atoms with van der Waals surface area (Å²) < 4.78 is 69.3. The van der Waals surface area contributed by atoms with Crippen molar-refractivity contribution in [2.75, 3.05) is 79.3 Å². The maximum Gasteiger partial charge on any atom is 0.330 e. The Hall–Kier alpha value is -2.73. The van der Waals surface area contributed by atoms with Gasteiger partial charge in [-0.3, -0.25) is 0 Å². The lowest BCUT2D eigenvalue weighted by Crippen LogP contribution is -2.41. The van der Waals surface area contributed by atoms with Gasteiger partial charge in [0.1, 0.15) is 19.8 Å². The molecule has 57 heavy (non-hydrogen) atoms. The Labute approximate surface area is 341 Å². The van der Waals surface area contributed by atoms with E-state index in [0.717, 1.165) is 18.2 Å². The van der Waals surface area contributed by atoms with Gasteiger partial charge in [-0.1, -0.05) is 26.7 Å². The molecular weight excluding hydrogens is 744 g/mol. The molecule has 0 aromatic rings. The standard InChI is InChI=1S/C42H74O15/c1-14-39(43)52-24-33(8)46-18-30(5)49-21-36(11)55-27-42(17-4,28-56-37(12)22-50-31(6)19-47-34(9)25-53-40(44)15-2)29-57-38(13)23-51-32(7)20-48-35(10)26-54-41(45)16-3/h14-16,30-38H,1-3,17-29H2,4-13H3. The van der Waals surface area contributed by atoms with Crippen LogP contribution in [0.3, 0.4) is 0 Å². The molecule has 15 heteroatoms. The summed E-state index contributed by atoms with van der Waals surface area (Å²) in [6.45, 7) is 32.7. The van der Waals surface area contributed by atoms with Crippen molar-refractivity contribution in [2.45, 2.75) is 131 Å². The van der Waals surface area contributed by atoms with Gasteiger partial charge in [0.15, 0.2) is 0 Å². The molecule has 0 aromatic carbocycles. The van der Waals surface area contributed by atoms with Crippen LogP contribution in [0.2, 0.25) is 0 Å². The van der Waals surface area contributed by atoms with Gasteiger partial charge in [0.25, 0.3) is 0 Å². The first-order chi connectivity index (χ1) is 27.0. The highest BCUT2D eigenvalue weighted by molar-refractivity contribution is 5.81. The van der Waals surface area contributed by atoms with Crippen LogP contribution in [-0.4, -0.2) is 152 Å². The number of hydrogen-bond acceptors (Lipinski definition) is 15. The molecule has 0 aliphatic heterocycles. The Balaban J connectivity index is 5.18. The number of hydrogen-bond donors (Lipinski definition) is 0. The van der Waals surface area contributed by atoms with E-state index in [0.29, 0.717) is 65.9 Å². The van der Waals surface area contributed by atoms with Crippen LogP contribution in [-0.2, 0) is 71.2 Å². The van der Waals surface area contributed by atoms with Crippen molar-refractivity contribution in [3.63, 3.8) is 0 Å². The average Bonchev–Trinajstić information content (AvgIpc) is 3.21. The number of carbonyl (C=O) groups excluding carboxylic acids is 3.